The minimum absolute atomic E-state index is 0.110. The molecule has 0 radical (unpaired) electrons. The minimum atomic E-state index is -0.922. The van der Waals surface area contributed by atoms with Crippen LogP contribution in [0.25, 0.3) is 0 Å². The normalized spacial score (nSPS) is 13.9. The van der Waals surface area contributed by atoms with Gasteiger partial charge in [-0.25, -0.2) is 0 Å². The number of nitrogens with one attached hydrogen (secondary N) is 1. The molecule has 0 aromatic heterocycles. The molecule has 0 aliphatic rings. The van der Waals surface area contributed by atoms with Crippen LogP contribution in [0.1, 0.15) is 22.7 Å². The van der Waals surface area contributed by atoms with Gasteiger partial charge in [-0.3, -0.25) is 4.21 Å². The lowest BCUT2D eigenvalue weighted by molar-refractivity contribution is 0.633. The molecule has 0 bridgehead atoms. The Balaban J connectivity index is 2.03. The van der Waals surface area contributed by atoms with Gasteiger partial charge in [0.05, 0.1) is 0 Å². The Morgan fingerprint density at radius 1 is 1.14 bits per heavy atom. The smallest absolute Gasteiger partial charge is 0.0486 e. The molecule has 0 aliphatic carbocycles. The summed E-state index contributed by atoms with van der Waals surface area (Å²) in [5.74, 6) is 1.16. The fourth-order valence-electron chi connectivity index (χ4n) is 2.32. The van der Waals surface area contributed by atoms with Gasteiger partial charge in [-0.05, 0) is 42.8 Å². The first-order chi connectivity index (χ1) is 10.1. The first-order valence-corrected chi connectivity index (χ1v) is 8.79. The Morgan fingerprint density at radius 3 is 2.43 bits per heavy atom. The highest BCUT2D eigenvalue weighted by Crippen LogP contribution is 2.19. The molecule has 0 heterocycles. The zero-order valence-corrected chi connectivity index (χ0v) is 13.9. The molecule has 0 spiro atoms. The summed E-state index contributed by atoms with van der Waals surface area (Å²) in [7, 11) is 0.991. The topological polar surface area (TPSA) is 29.1 Å². The molecule has 2 atom stereocenters. The number of halogens is 1. The molecular formula is C17H20ClNOS. The molecule has 0 saturated heterocycles. The van der Waals surface area contributed by atoms with Gasteiger partial charge in [-0.2, -0.15) is 0 Å². The lowest BCUT2D eigenvalue weighted by atomic mass is 10.0. The number of rotatable bonds is 6. The van der Waals surface area contributed by atoms with Crippen LogP contribution in [0.5, 0.6) is 0 Å². The molecule has 0 saturated carbocycles. The van der Waals surface area contributed by atoms with Gasteiger partial charge >= 0.3 is 0 Å². The lowest BCUT2D eigenvalue weighted by Crippen LogP contribution is -2.24. The zero-order valence-electron chi connectivity index (χ0n) is 12.3. The van der Waals surface area contributed by atoms with Gasteiger partial charge in [0.15, 0.2) is 0 Å². The Morgan fingerprint density at radius 2 is 1.81 bits per heavy atom. The van der Waals surface area contributed by atoms with Gasteiger partial charge < -0.3 is 5.32 Å². The SMILES string of the molecule is CNC(CS(=O)Cc1ccc(Cl)cc1)c1ccccc1C. The minimum Gasteiger partial charge on any atom is -0.312 e. The van der Waals surface area contributed by atoms with Crippen LogP contribution < -0.4 is 5.32 Å². The molecule has 2 nitrogen and oxygen atoms in total. The Bertz CT molecular complexity index is 612. The van der Waals surface area contributed by atoms with Crippen molar-refractivity contribution in [2.75, 3.05) is 12.8 Å². The second kappa shape index (κ2) is 7.74. The van der Waals surface area contributed by atoms with Crippen LogP contribution in [0.15, 0.2) is 48.5 Å². The van der Waals surface area contributed by atoms with Gasteiger partial charge in [0.1, 0.15) is 0 Å². The van der Waals surface area contributed by atoms with E-state index in [0.717, 1.165) is 5.56 Å². The van der Waals surface area contributed by atoms with Crippen LogP contribution in [0.2, 0.25) is 5.02 Å². The standard InChI is InChI=1S/C17H20ClNOS/c1-13-5-3-4-6-16(13)17(19-2)12-21(20)11-14-7-9-15(18)10-8-14/h3-10,17,19H,11-12H2,1-2H3. The van der Waals surface area contributed by atoms with Crippen LogP contribution in [-0.2, 0) is 16.6 Å². The van der Waals surface area contributed by atoms with Crippen molar-refractivity contribution in [3.05, 3.63) is 70.2 Å². The second-order valence-corrected chi connectivity index (χ2v) is 7.01. The Kier molecular flexibility index (Phi) is 5.97. The molecule has 4 heteroatoms. The van der Waals surface area contributed by atoms with E-state index in [1.54, 1.807) is 0 Å². The fourth-order valence-corrected chi connectivity index (χ4v) is 3.84. The molecule has 2 rings (SSSR count). The maximum absolute atomic E-state index is 12.4. The zero-order chi connectivity index (χ0) is 15.2. The molecule has 0 amide bonds. The molecule has 1 N–H and O–H groups in total. The van der Waals surface area contributed by atoms with Crippen LogP contribution >= 0.6 is 11.6 Å². The third kappa shape index (κ3) is 4.67. The Labute approximate surface area is 134 Å². The van der Waals surface area contributed by atoms with Crippen LogP contribution in [0, 0.1) is 6.92 Å². The van der Waals surface area contributed by atoms with Crippen LogP contribution in [0.3, 0.4) is 0 Å². The average molecular weight is 322 g/mol. The molecule has 112 valence electrons. The molecule has 2 unspecified atom stereocenters. The van der Waals surface area contributed by atoms with Gasteiger partial charge in [-0.15, -0.1) is 0 Å². The summed E-state index contributed by atoms with van der Waals surface area (Å²) >= 11 is 5.87. The summed E-state index contributed by atoms with van der Waals surface area (Å²) in [6.45, 7) is 2.09. The van der Waals surface area contributed by atoms with Crippen molar-refractivity contribution in [3.8, 4) is 0 Å². The molecule has 0 fully saturated rings. The van der Waals surface area contributed by atoms with Gasteiger partial charge in [0, 0.05) is 33.4 Å². The van der Waals surface area contributed by atoms with Crippen LogP contribution in [-0.4, -0.2) is 17.0 Å². The van der Waals surface area contributed by atoms with Gasteiger partial charge in [-0.1, -0.05) is 48.0 Å². The third-order valence-electron chi connectivity index (χ3n) is 3.51. The predicted molar refractivity (Wildman–Crippen MR) is 91.1 cm³/mol. The highest BCUT2D eigenvalue weighted by Gasteiger charge is 2.15. The summed E-state index contributed by atoms with van der Waals surface area (Å²) in [5, 5.41) is 3.98. The van der Waals surface area contributed by atoms with Crippen molar-refractivity contribution < 1.29 is 4.21 Å². The maximum Gasteiger partial charge on any atom is 0.0486 e. The van der Waals surface area contributed by atoms with Crippen molar-refractivity contribution in [2.45, 2.75) is 18.7 Å². The molecule has 21 heavy (non-hydrogen) atoms. The van der Waals surface area contributed by atoms with Crippen LogP contribution in [0.4, 0.5) is 0 Å². The molecule has 2 aromatic rings. The molecule has 2 aromatic carbocycles. The monoisotopic (exact) mass is 321 g/mol. The predicted octanol–water partition coefficient (Wildman–Crippen LogP) is 3.86. The van der Waals surface area contributed by atoms with Gasteiger partial charge in [0.25, 0.3) is 0 Å². The summed E-state index contributed by atoms with van der Waals surface area (Å²) < 4.78 is 12.4. The lowest BCUT2D eigenvalue weighted by Gasteiger charge is -2.18. The van der Waals surface area contributed by atoms with Crippen molar-refractivity contribution in [2.24, 2.45) is 0 Å². The number of aryl methyl sites for hydroxylation is 1. The van der Waals surface area contributed by atoms with E-state index in [2.05, 4.69) is 24.4 Å². The number of hydrogen-bond donors (Lipinski definition) is 1. The van der Waals surface area contributed by atoms with E-state index < -0.39 is 10.8 Å². The molecular weight excluding hydrogens is 302 g/mol. The number of hydrogen-bond acceptors (Lipinski definition) is 2. The molecule has 0 aliphatic heterocycles. The van der Waals surface area contributed by atoms with E-state index in [-0.39, 0.29) is 6.04 Å². The van der Waals surface area contributed by atoms with Crippen molar-refractivity contribution in [1.29, 1.82) is 0 Å². The maximum atomic E-state index is 12.4. The van der Waals surface area contributed by atoms with E-state index in [1.807, 2.05) is 43.4 Å². The largest absolute Gasteiger partial charge is 0.312 e. The van der Waals surface area contributed by atoms with Crippen molar-refractivity contribution in [3.63, 3.8) is 0 Å². The van der Waals surface area contributed by atoms with Crippen molar-refractivity contribution >= 4 is 22.4 Å². The second-order valence-electron chi connectivity index (χ2n) is 5.08. The Hall–Kier alpha value is -1.16. The van der Waals surface area contributed by atoms with Crippen molar-refractivity contribution in [1.82, 2.24) is 5.32 Å². The van der Waals surface area contributed by atoms with E-state index >= 15 is 0 Å². The third-order valence-corrected chi connectivity index (χ3v) is 5.12. The van der Waals surface area contributed by atoms with E-state index in [1.165, 1.54) is 11.1 Å². The van der Waals surface area contributed by atoms with Gasteiger partial charge in [0.2, 0.25) is 0 Å². The first-order valence-electron chi connectivity index (χ1n) is 6.92. The fraction of sp³-hybridized carbons (Fsp3) is 0.294. The summed E-state index contributed by atoms with van der Waals surface area (Å²) in [6, 6.07) is 15.9. The quantitative estimate of drug-likeness (QED) is 0.875. The summed E-state index contributed by atoms with van der Waals surface area (Å²) in [5.41, 5.74) is 3.49. The van der Waals surface area contributed by atoms with E-state index in [0.29, 0.717) is 16.5 Å². The highest BCUT2D eigenvalue weighted by molar-refractivity contribution is 7.84. The summed E-state index contributed by atoms with van der Waals surface area (Å²) in [6.07, 6.45) is 0. The summed E-state index contributed by atoms with van der Waals surface area (Å²) in [4.78, 5) is 0. The first kappa shape index (κ1) is 16.2. The number of benzene rings is 2. The van der Waals surface area contributed by atoms with E-state index in [4.69, 9.17) is 11.6 Å². The highest BCUT2D eigenvalue weighted by atomic mass is 35.5. The average Bonchev–Trinajstić information content (AvgIpc) is 2.48. The van der Waals surface area contributed by atoms with E-state index in [9.17, 15) is 4.21 Å².